The molecule has 1 fully saturated rings. The molecule has 0 saturated heterocycles. The van der Waals surface area contributed by atoms with Crippen LogP contribution in [0.5, 0.6) is 0 Å². The van der Waals surface area contributed by atoms with Crippen molar-refractivity contribution in [1.29, 1.82) is 0 Å². The summed E-state index contributed by atoms with van der Waals surface area (Å²) in [7, 11) is -4.05. The number of primary amides is 1. The van der Waals surface area contributed by atoms with Gasteiger partial charge in [-0.1, -0.05) is 12.8 Å². The van der Waals surface area contributed by atoms with Gasteiger partial charge in [-0.3, -0.25) is 9.59 Å². The molecule has 3 N–H and O–H groups in total. The number of sulfonamides is 1. The summed E-state index contributed by atoms with van der Waals surface area (Å²) in [5, 5.41) is 7.25. The van der Waals surface area contributed by atoms with Gasteiger partial charge < -0.3 is 10.8 Å². The van der Waals surface area contributed by atoms with E-state index in [4.69, 9.17) is 10.8 Å². The Morgan fingerprint density at radius 2 is 1.89 bits per heavy atom. The molecule has 0 aromatic carbocycles. The summed E-state index contributed by atoms with van der Waals surface area (Å²) >= 11 is 0. The third-order valence-electron chi connectivity index (χ3n) is 3.17. The minimum atomic E-state index is -4.05. The first-order chi connectivity index (χ1) is 8.26. The fraction of sp³-hybridized carbons (Fsp3) is 0.800. The van der Waals surface area contributed by atoms with E-state index in [1.807, 2.05) is 0 Å². The number of amides is 1. The number of hydrogen-bond acceptors (Lipinski definition) is 4. The first-order valence-corrected chi connectivity index (χ1v) is 7.29. The minimum absolute atomic E-state index is 0.315. The lowest BCUT2D eigenvalue weighted by molar-refractivity contribution is -0.136. The van der Waals surface area contributed by atoms with Gasteiger partial charge in [0.1, 0.15) is 0 Å². The number of carbonyl (C=O) groups is 2. The zero-order valence-corrected chi connectivity index (χ0v) is 11.0. The zero-order chi connectivity index (χ0) is 13.9. The van der Waals surface area contributed by atoms with Crippen LogP contribution in [0.4, 0.5) is 0 Å². The van der Waals surface area contributed by atoms with Crippen LogP contribution in [0.25, 0.3) is 0 Å². The summed E-state index contributed by atoms with van der Waals surface area (Å²) in [4.78, 5) is 21.8. The second kappa shape index (κ2) is 5.66. The Morgan fingerprint density at radius 1 is 1.39 bits per heavy atom. The van der Waals surface area contributed by atoms with Crippen molar-refractivity contribution in [2.24, 2.45) is 5.73 Å². The summed E-state index contributed by atoms with van der Waals surface area (Å²) in [5.41, 5.74) is 5.04. The van der Waals surface area contributed by atoms with Crippen LogP contribution in [0.2, 0.25) is 0 Å². The molecular formula is C10H18N2O5S. The van der Waals surface area contributed by atoms with E-state index in [0.29, 0.717) is 12.8 Å². The van der Waals surface area contributed by atoms with Crippen LogP contribution < -0.4 is 5.73 Å². The lowest BCUT2D eigenvalue weighted by Crippen LogP contribution is -2.49. The van der Waals surface area contributed by atoms with Gasteiger partial charge in [0, 0.05) is 6.04 Å². The van der Waals surface area contributed by atoms with Gasteiger partial charge in [0.05, 0.1) is 6.54 Å². The number of rotatable bonds is 6. The molecule has 0 heterocycles. The maximum Gasteiger partial charge on any atom is 0.323 e. The average molecular weight is 278 g/mol. The molecule has 1 unspecified atom stereocenters. The van der Waals surface area contributed by atoms with Crippen molar-refractivity contribution in [1.82, 2.24) is 4.31 Å². The highest BCUT2D eigenvalue weighted by Gasteiger charge is 2.39. The summed E-state index contributed by atoms with van der Waals surface area (Å²) in [6.45, 7) is 0.644. The van der Waals surface area contributed by atoms with Crippen molar-refractivity contribution in [3.05, 3.63) is 0 Å². The summed E-state index contributed by atoms with van der Waals surface area (Å²) in [6.07, 6.45) is 3.02. The molecule has 7 nitrogen and oxygen atoms in total. The summed E-state index contributed by atoms with van der Waals surface area (Å²) in [6, 6.07) is -0.315. The highest BCUT2D eigenvalue weighted by Crippen LogP contribution is 2.27. The number of hydrogen-bond donors (Lipinski definition) is 2. The molecule has 104 valence electrons. The molecule has 0 aromatic rings. The highest BCUT2D eigenvalue weighted by molar-refractivity contribution is 7.90. The fourth-order valence-electron chi connectivity index (χ4n) is 2.10. The number of carboxylic acids is 1. The predicted octanol–water partition coefficient (Wildman–Crippen LogP) is -0.481. The van der Waals surface area contributed by atoms with Gasteiger partial charge in [0.2, 0.25) is 15.9 Å². The lowest BCUT2D eigenvalue weighted by Gasteiger charge is -2.28. The molecule has 1 rings (SSSR count). The van der Waals surface area contributed by atoms with Crippen LogP contribution in [-0.4, -0.2) is 47.5 Å². The summed E-state index contributed by atoms with van der Waals surface area (Å²) in [5.74, 6) is -2.20. The lowest BCUT2D eigenvalue weighted by atomic mass is 10.2. The second-order valence-electron chi connectivity index (χ2n) is 4.48. The Kier molecular flexibility index (Phi) is 4.69. The Bertz CT molecular complexity index is 428. The molecule has 1 aliphatic carbocycles. The first kappa shape index (κ1) is 14.9. The van der Waals surface area contributed by atoms with Crippen LogP contribution in [0.3, 0.4) is 0 Å². The molecular weight excluding hydrogens is 260 g/mol. The quantitative estimate of drug-likeness (QED) is 0.680. The van der Waals surface area contributed by atoms with E-state index in [9.17, 15) is 18.0 Å². The van der Waals surface area contributed by atoms with E-state index in [0.717, 1.165) is 24.1 Å². The van der Waals surface area contributed by atoms with Crippen LogP contribution in [0.1, 0.15) is 32.6 Å². The third-order valence-corrected chi connectivity index (χ3v) is 5.34. The van der Waals surface area contributed by atoms with E-state index in [1.54, 1.807) is 0 Å². The topological polar surface area (TPSA) is 118 Å². The second-order valence-corrected chi connectivity index (χ2v) is 6.68. The normalized spacial score (nSPS) is 19.0. The van der Waals surface area contributed by atoms with E-state index in [1.165, 1.54) is 0 Å². The monoisotopic (exact) mass is 278 g/mol. The average Bonchev–Trinajstić information content (AvgIpc) is 2.77. The van der Waals surface area contributed by atoms with Crippen molar-refractivity contribution in [3.8, 4) is 0 Å². The van der Waals surface area contributed by atoms with Crippen molar-refractivity contribution in [2.45, 2.75) is 43.9 Å². The number of aliphatic carboxylic acids is 1. The Morgan fingerprint density at radius 3 is 2.28 bits per heavy atom. The van der Waals surface area contributed by atoms with Crippen molar-refractivity contribution in [3.63, 3.8) is 0 Å². The van der Waals surface area contributed by atoms with Crippen LogP contribution in [0.15, 0.2) is 0 Å². The minimum Gasteiger partial charge on any atom is -0.480 e. The van der Waals surface area contributed by atoms with Gasteiger partial charge >= 0.3 is 5.97 Å². The molecule has 0 aromatic heterocycles. The molecule has 8 heteroatoms. The van der Waals surface area contributed by atoms with Crippen molar-refractivity contribution >= 4 is 21.9 Å². The van der Waals surface area contributed by atoms with Gasteiger partial charge in [-0.2, -0.15) is 4.31 Å². The molecule has 0 bridgehead atoms. The van der Waals surface area contributed by atoms with Crippen LogP contribution in [0, 0.1) is 0 Å². The fourth-order valence-corrected chi connectivity index (χ4v) is 3.70. The van der Waals surface area contributed by atoms with Crippen LogP contribution in [-0.2, 0) is 19.6 Å². The highest BCUT2D eigenvalue weighted by atomic mass is 32.2. The number of carbonyl (C=O) groups excluding carboxylic acids is 1. The summed E-state index contributed by atoms with van der Waals surface area (Å²) < 4.78 is 25.2. The van der Waals surface area contributed by atoms with E-state index >= 15 is 0 Å². The van der Waals surface area contributed by atoms with Crippen molar-refractivity contribution in [2.75, 3.05) is 6.54 Å². The maximum atomic E-state index is 12.1. The van der Waals surface area contributed by atoms with Gasteiger partial charge in [-0.05, 0) is 19.8 Å². The molecule has 0 aliphatic heterocycles. The molecule has 18 heavy (non-hydrogen) atoms. The third kappa shape index (κ3) is 3.20. The molecule has 1 atom stereocenters. The molecule has 1 saturated carbocycles. The molecule has 1 aliphatic rings. The number of carboxylic acid groups (broad SMARTS) is 1. The van der Waals surface area contributed by atoms with Crippen LogP contribution >= 0.6 is 0 Å². The smallest absolute Gasteiger partial charge is 0.323 e. The number of nitrogens with zero attached hydrogens (tertiary/aromatic N) is 1. The SMILES string of the molecule is CC(C(=O)O)S(=O)(=O)N(CC(N)=O)C1CCCC1. The van der Waals surface area contributed by atoms with Gasteiger partial charge in [-0.15, -0.1) is 0 Å². The van der Waals surface area contributed by atoms with Gasteiger partial charge in [0.15, 0.2) is 5.25 Å². The molecule has 1 amide bonds. The Labute approximate surface area is 106 Å². The van der Waals surface area contributed by atoms with E-state index < -0.39 is 33.7 Å². The molecule has 0 radical (unpaired) electrons. The maximum absolute atomic E-state index is 12.1. The largest absolute Gasteiger partial charge is 0.480 e. The standard InChI is InChI=1S/C10H18N2O5S/c1-7(10(14)15)18(16,17)12(6-9(11)13)8-4-2-3-5-8/h7-8H,2-6H2,1H3,(H2,11,13)(H,14,15). The zero-order valence-electron chi connectivity index (χ0n) is 10.2. The van der Waals surface area contributed by atoms with E-state index in [-0.39, 0.29) is 6.04 Å². The van der Waals surface area contributed by atoms with Gasteiger partial charge in [-0.25, -0.2) is 8.42 Å². The number of nitrogens with two attached hydrogens (primary N) is 1. The van der Waals surface area contributed by atoms with Crippen molar-refractivity contribution < 1.29 is 23.1 Å². The molecule has 0 spiro atoms. The van der Waals surface area contributed by atoms with E-state index in [2.05, 4.69) is 0 Å². The predicted molar refractivity (Wildman–Crippen MR) is 64.2 cm³/mol. The van der Waals surface area contributed by atoms with Gasteiger partial charge in [0.25, 0.3) is 0 Å². The Hall–Kier alpha value is -1.15. The first-order valence-electron chi connectivity index (χ1n) is 5.78. The Balaban J connectivity index is 3.01.